The number of hydrogen-bond acceptors (Lipinski definition) is 4. The average Bonchev–Trinajstić information content (AvgIpc) is 2.30. The first-order chi connectivity index (χ1) is 7.83. The molecule has 0 fully saturated rings. The van der Waals surface area contributed by atoms with Crippen LogP contribution in [-0.4, -0.2) is 24.2 Å². The minimum atomic E-state index is -0.144. The number of nitrogens with one attached hydrogen (secondary N) is 1. The van der Waals surface area contributed by atoms with Crippen molar-refractivity contribution in [3.63, 3.8) is 0 Å². The highest BCUT2D eigenvalue weighted by Crippen LogP contribution is 2.01. The molecule has 16 heavy (non-hydrogen) atoms. The van der Waals surface area contributed by atoms with Gasteiger partial charge in [-0.05, 0) is 12.5 Å². The van der Waals surface area contributed by atoms with E-state index >= 15 is 0 Å². The van der Waals surface area contributed by atoms with Crippen molar-refractivity contribution in [2.75, 3.05) is 18.2 Å². The van der Waals surface area contributed by atoms with Crippen molar-refractivity contribution in [1.29, 1.82) is 0 Å². The minimum absolute atomic E-state index is 0.144. The lowest BCUT2D eigenvalue weighted by atomic mass is 10.2. The topological polar surface area (TPSA) is 38.3 Å². The minimum Gasteiger partial charge on any atom is -0.465 e. The zero-order valence-electron chi connectivity index (χ0n) is 9.44. The summed E-state index contributed by atoms with van der Waals surface area (Å²) in [5.41, 5.74) is 1.25. The Morgan fingerprint density at radius 2 is 2.12 bits per heavy atom. The summed E-state index contributed by atoms with van der Waals surface area (Å²) in [5.74, 6) is 1.03. The highest BCUT2D eigenvalue weighted by molar-refractivity contribution is 7.99. The summed E-state index contributed by atoms with van der Waals surface area (Å²) in [4.78, 5) is 11.0. The third-order valence-corrected chi connectivity index (χ3v) is 2.75. The van der Waals surface area contributed by atoms with Crippen LogP contribution in [0.4, 0.5) is 0 Å². The predicted octanol–water partition coefficient (Wildman–Crippen LogP) is 2.03. The van der Waals surface area contributed by atoms with Gasteiger partial charge in [-0.15, -0.1) is 11.8 Å². The van der Waals surface area contributed by atoms with Gasteiger partial charge in [-0.2, -0.15) is 0 Å². The Morgan fingerprint density at radius 1 is 1.38 bits per heavy atom. The molecule has 0 spiro atoms. The number of ether oxygens (including phenoxy) is 1. The Morgan fingerprint density at radius 3 is 2.81 bits per heavy atom. The van der Waals surface area contributed by atoms with Crippen LogP contribution in [0.15, 0.2) is 30.3 Å². The van der Waals surface area contributed by atoms with Crippen LogP contribution < -0.4 is 5.32 Å². The van der Waals surface area contributed by atoms with Crippen molar-refractivity contribution >= 4 is 17.7 Å². The van der Waals surface area contributed by atoms with Gasteiger partial charge in [0.1, 0.15) is 0 Å². The molecule has 0 radical (unpaired) electrons. The molecule has 0 saturated heterocycles. The van der Waals surface area contributed by atoms with Crippen LogP contribution in [0.1, 0.15) is 12.5 Å². The summed E-state index contributed by atoms with van der Waals surface area (Å²) in [6.45, 7) is 3.10. The molecular weight excluding hydrogens is 222 g/mol. The molecule has 0 amide bonds. The summed E-state index contributed by atoms with van der Waals surface area (Å²) >= 11 is 1.53. The summed E-state index contributed by atoms with van der Waals surface area (Å²) in [5, 5.41) is 3.25. The zero-order chi connectivity index (χ0) is 11.6. The highest BCUT2D eigenvalue weighted by atomic mass is 32.2. The van der Waals surface area contributed by atoms with Gasteiger partial charge in [0.2, 0.25) is 0 Å². The van der Waals surface area contributed by atoms with Gasteiger partial charge >= 0.3 is 5.97 Å². The smallest absolute Gasteiger partial charge is 0.315 e. The lowest BCUT2D eigenvalue weighted by molar-refractivity contribution is -0.139. The average molecular weight is 239 g/mol. The van der Waals surface area contributed by atoms with E-state index in [1.54, 1.807) is 0 Å². The SMILES string of the molecule is CCOC(=O)CSCNCc1ccccc1. The van der Waals surface area contributed by atoms with E-state index in [1.807, 2.05) is 25.1 Å². The number of benzene rings is 1. The Kier molecular flexibility index (Phi) is 6.69. The first kappa shape index (κ1) is 13.1. The molecule has 0 aliphatic heterocycles. The van der Waals surface area contributed by atoms with E-state index in [0.717, 1.165) is 12.4 Å². The number of thioether (sulfide) groups is 1. The van der Waals surface area contributed by atoms with E-state index in [4.69, 9.17) is 4.74 Å². The van der Waals surface area contributed by atoms with Crippen molar-refractivity contribution < 1.29 is 9.53 Å². The van der Waals surface area contributed by atoms with Crippen molar-refractivity contribution in [1.82, 2.24) is 5.32 Å². The Bertz CT molecular complexity index is 303. The molecule has 0 unspecified atom stereocenters. The van der Waals surface area contributed by atoms with E-state index < -0.39 is 0 Å². The first-order valence-electron chi connectivity index (χ1n) is 5.31. The number of esters is 1. The van der Waals surface area contributed by atoms with E-state index in [-0.39, 0.29) is 5.97 Å². The van der Waals surface area contributed by atoms with Crippen LogP contribution >= 0.6 is 11.8 Å². The lowest BCUT2D eigenvalue weighted by Crippen LogP contribution is -2.15. The summed E-state index contributed by atoms with van der Waals surface area (Å²) in [7, 11) is 0. The molecule has 0 aromatic heterocycles. The van der Waals surface area contributed by atoms with E-state index in [2.05, 4.69) is 17.4 Å². The fraction of sp³-hybridized carbons (Fsp3) is 0.417. The monoisotopic (exact) mass is 239 g/mol. The van der Waals surface area contributed by atoms with Crippen LogP contribution in [0.25, 0.3) is 0 Å². The van der Waals surface area contributed by atoms with Crippen LogP contribution in [0.5, 0.6) is 0 Å². The molecule has 0 aliphatic rings. The Balaban J connectivity index is 2.02. The van der Waals surface area contributed by atoms with Crippen LogP contribution in [0.2, 0.25) is 0 Å². The molecule has 1 rings (SSSR count). The number of carbonyl (C=O) groups is 1. The second-order valence-corrected chi connectivity index (χ2v) is 4.20. The molecule has 0 heterocycles. The maximum absolute atomic E-state index is 11.0. The van der Waals surface area contributed by atoms with Gasteiger partial charge in [0.05, 0.1) is 12.4 Å². The highest BCUT2D eigenvalue weighted by Gasteiger charge is 2.00. The first-order valence-corrected chi connectivity index (χ1v) is 6.46. The van der Waals surface area contributed by atoms with Crippen molar-refractivity contribution in [3.8, 4) is 0 Å². The largest absolute Gasteiger partial charge is 0.465 e. The summed E-state index contributed by atoms with van der Waals surface area (Å²) in [6, 6.07) is 10.2. The normalized spacial score (nSPS) is 10.1. The van der Waals surface area contributed by atoms with Gasteiger partial charge in [-0.1, -0.05) is 30.3 Å². The Labute approximate surface area is 101 Å². The number of rotatable bonds is 7. The fourth-order valence-electron chi connectivity index (χ4n) is 1.20. The third-order valence-electron chi connectivity index (χ3n) is 1.90. The molecule has 1 N–H and O–H groups in total. The maximum atomic E-state index is 11.0. The molecule has 1 aromatic carbocycles. The molecule has 3 nitrogen and oxygen atoms in total. The molecule has 0 bridgehead atoms. The van der Waals surface area contributed by atoms with Gasteiger partial charge in [0.25, 0.3) is 0 Å². The third kappa shape index (κ3) is 5.78. The van der Waals surface area contributed by atoms with Gasteiger partial charge in [0.15, 0.2) is 0 Å². The number of hydrogen-bond donors (Lipinski definition) is 1. The second kappa shape index (κ2) is 8.19. The quantitative estimate of drug-likeness (QED) is 0.449. The predicted molar refractivity (Wildman–Crippen MR) is 67.2 cm³/mol. The van der Waals surface area contributed by atoms with Gasteiger partial charge in [-0.25, -0.2) is 0 Å². The molecule has 0 saturated carbocycles. The Hall–Kier alpha value is -1.00. The molecule has 0 atom stereocenters. The van der Waals surface area contributed by atoms with Crippen LogP contribution in [0, 0.1) is 0 Å². The van der Waals surface area contributed by atoms with Gasteiger partial charge in [0, 0.05) is 12.4 Å². The van der Waals surface area contributed by atoms with Gasteiger partial charge < -0.3 is 10.1 Å². The molecule has 4 heteroatoms. The summed E-state index contributed by atoms with van der Waals surface area (Å²) in [6.07, 6.45) is 0. The van der Waals surface area contributed by atoms with Gasteiger partial charge in [-0.3, -0.25) is 4.79 Å². The maximum Gasteiger partial charge on any atom is 0.315 e. The van der Waals surface area contributed by atoms with E-state index in [9.17, 15) is 4.79 Å². The van der Waals surface area contributed by atoms with E-state index in [1.165, 1.54) is 17.3 Å². The van der Waals surface area contributed by atoms with Crippen molar-refractivity contribution in [2.24, 2.45) is 0 Å². The number of carbonyl (C=O) groups excluding carboxylic acids is 1. The lowest BCUT2D eigenvalue weighted by Gasteiger charge is -2.04. The molecule has 0 aliphatic carbocycles. The summed E-state index contributed by atoms with van der Waals surface area (Å²) < 4.78 is 4.82. The molecular formula is C12H17NO2S. The van der Waals surface area contributed by atoms with E-state index in [0.29, 0.717) is 12.4 Å². The fourth-order valence-corrected chi connectivity index (χ4v) is 1.80. The van der Waals surface area contributed by atoms with Crippen LogP contribution in [0.3, 0.4) is 0 Å². The zero-order valence-corrected chi connectivity index (χ0v) is 10.3. The molecule has 88 valence electrons. The second-order valence-electron chi connectivity index (χ2n) is 3.21. The van der Waals surface area contributed by atoms with Crippen molar-refractivity contribution in [3.05, 3.63) is 35.9 Å². The van der Waals surface area contributed by atoms with Crippen LogP contribution in [-0.2, 0) is 16.1 Å². The standard InChI is InChI=1S/C12H17NO2S/c1-2-15-12(14)9-16-10-13-8-11-6-4-3-5-7-11/h3-7,13H,2,8-10H2,1H3. The van der Waals surface area contributed by atoms with Crippen molar-refractivity contribution in [2.45, 2.75) is 13.5 Å². The molecule has 1 aromatic rings.